The van der Waals surface area contributed by atoms with Crippen molar-refractivity contribution in [3.8, 4) is 0 Å². The van der Waals surface area contributed by atoms with Gasteiger partial charge in [0, 0.05) is 9.75 Å². The first-order valence-corrected chi connectivity index (χ1v) is 8.40. The van der Waals surface area contributed by atoms with E-state index in [0.717, 1.165) is 0 Å². The highest BCUT2D eigenvalue weighted by atomic mass is 32.1. The number of halogens is 1. The molecule has 0 bridgehead atoms. The monoisotopic (exact) mass is 304 g/mol. The lowest BCUT2D eigenvalue weighted by atomic mass is 10.0. The van der Waals surface area contributed by atoms with Crippen LogP contribution in [-0.4, -0.2) is 0 Å². The maximum atomic E-state index is 13.8. The summed E-state index contributed by atoms with van der Waals surface area (Å²) in [7, 11) is 0. The van der Waals surface area contributed by atoms with Gasteiger partial charge in [-0.3, -0.25) is 11.3 Å². The Morgan fingerprint density at radius 3 is 2.81 bits per heavy atom. The number of hydrogen-bond donors (Lipinski definition) is 2. The van der Waals surface area contributed by atoms with E-state index in [-0.39, 0.29) is 11.9 Å². The van der Waals surface area contributed by atoms with E-state index >= 15 is 0 Å². The van der Waals surface area contributed by atoms with Crippen molar-refractivity contribution < 1.29 is 4.39 Å². The minimum absolute atomic E-state index is 0.0150. The lowest BCUT2D eigenvalue weighted by Gasteiger charge is -2.14. The van der Waals surface area contributed by atoms with Crippen LogP contribution in [0.4, 0.5) is 4.39 Å². The molecule has 21 heavy (non-hydrogen) atoms. The molecule has 0 amide bonds. The highest BCUT2D eigenvalue weighted by Crippen LogP contribution is 2.33. The van der Waals surface area contributed by atoms with Crippen LogP contribution in [0.1, 0.15) is 46.2 Å². The van der Waals surface area contributed by atoms with Crippen LogP contribution in [0.25, 0.3) is 0 Å². The Labute approximate surface area is 129 Å². The molecule has 4 heteroatoms. The van der Waals surface area contributed by atoms with Gasteiger partial charge in [-0.15, -0.1) is 11.3 Å². The molecule has 1 aromatic carbocycles. The standard InChI is InChI=1S/C17H21FN2S/c18-14-8-5-4-6-12(14)10-15(20-19)17-11-13-7-2-1-3-9-16(13)21-17/h4-6,8,11,15,20H,1-3,7,9-10,19H2. The molecule has 0 radical (unpaired) electrons. The van der Waals surface area contributed by atoms with E-state index in [1.165, 1.54) is 53.5 Å². The van der Waals surface area contributed by atoms with Gasteiger partial charge in [-0.2, -0.15) is 0 Å². The maximum Gasteiger partial charge on any atom is 0.126 e. The zero-order valence-corrected chi connectivity index (χ0v) is 12.9. The maximum absolute atomic E-state index is 13.8. The zero-order chi connectivity index (χ0) is 14.7. The predicted molar refractivity (Wildman–Crippen MR) is 85.7 cm³/mol. The van der Waals surface area contributed by atoms with Crippen LogP contribution in [-0.2, 0) is 19.3 Å². The van der Waals surface area contributed by atoms with Crippen molar-refractivity contribution in [2.75, 3.05) is 0 Å². The lowest BCUT2D eigenvalue weighted by Crippen LogP contribution is -2.29. The number of aryl methyl sites for hydroxylation is 2. The molecular formula is C17H21FN2S. The second-order valence-electron chi connectivity index (χ2n) is 5.67. The SMILES string of the molecule is NNC(Cc1ccccc1F)c1cc2c(s1)CCCCC2. The first kappa shape index (κ1) is 14.7. The fraction of sp³-hybridized carbons (Fsp3) is 0.412. The summed E-state index contributed by atoms with van der Waals surface area (Å²) in [5.74, 6) is 5.57. The first-order chi connectivity index (χ1) is 10.3. The molecule has 1 aromatic heterocycles. The van der Waals surface area contributed by atoms with E-state index in [1.54, 1.807) is 6.07 Å². The van der Waals surface area contributed by atoms with Gasteiger partial charge < -0.3 is 0 Å². The van der Waals surface area contributed by atoms with Gasteiger partial charge in [-0.25, -0.2) is 4.39 Å². The fourth-order valence-corrected chi connectivity index (χ4v) is 4.31. The Hall–Kier alpha value is -1.23. The van der Waals surface area contributed by atoms with Crippen LogP contribution in [0.5, 0.6) is 0 Å². The molecule has 2 nitrogen and oxygen atoms in total. The summed E-state index contributed by atoms with van der Waals surface area (Å²) in [5.41, 5.74) is 5.05. The number of nitrogens with one attached hydrogen (secondary N) is 1. The van der Waals surface area contributed by atoms with E-state index < -0.39 is 0 Å². The molecule has 0 saturated carbocycles. The largest absolute Gasteiger partial charge is 0.271 e. The molecule has 0 spiro atoms. The highest BCUT2D eigenvalue weighted by molar-refractivity contribution is 7.12. The molecule has 1 heterocycles. The van der Waals surface area contributed by atoms with Crippen LogP contribution in [0, 0.1) is 5.82 Å². The van der Waals surface area contributed by atoms with Crippen molar-refractivity contribution >= 4 is 11.3 Å². The summed E-state index contributed by atoms with van der Waals surface area (Å²) < 4.78 is 13.8. The van der Waals surface area contributed by atoms with Crippen molar-refractivity contribution in [1.29, 1.82) is 0 Å². The van der Waals surface area contributed by atoms with E-state index in [0.29, 0.717) is 12.0 Å². The summed E-state index contributed by atoms with van der Waals surface area (Å²) in [6.07, 6.45) is 6.81. The molecule has 3 N–H and O–H groups in total. The van der Waals surface area contributed by atoms with Crippen LogP contribution in [0.15, 0.2) is 30.3 Å². The molecule has 1 aliphatic carbocycles. The third-order valence-corrected chi connectivity index (χ3v) is 5.54. The van der Waals surface area contributed by atoms with Gasteiger partial charge >= 0.3 is 0 Å². The fourth-order valence-electron chi connectivity index (χ4n) is 2.99. The van der Waals surface area contributed by atoms with E-state index in [4.69, 9.17) is 5.84 Å². The topological polar surface area (TPSA) is 38.0 Å². The number of hydrogen-bond acceptors (Lipinski definition) is 3. The van der Waals surface area contributed by atoms with Gasteiger partial charge in [0.25, 0.3) is 0 Å². The smallest absolute Gasteiger partial charge is 0.126 e. The summed E-state index contributed by atoms with van der Waals surface area (Å²) in [6, 6.07) is 9.19. The number of thiophene rings is 1. The second-order valence-corrected chi connectivity index (χ2v) is 6.84. The van der Waals surface area contributed by atoms with Crippen molar-refractivity contribution in [3.05, 3.63) is 57.0 Å². The molecule has 1 atom stereocenters. The zero-order valence-electron chi connectivity index (χ0n) is 12.1. The Balaban J connectivity index is 1.82. The van der Waals surface area contributed by atoms with Crippen LogP contribution >= 0.6 is 11.3 Å². The normalized spacial score (nSPS) is 16.3. The van der Waals surface area contributed by atoms with Crippen LogP contribution in [0.2, 0.25) is 0 Å². The molecule has 0 fully saturated rings. The van der Waals surface area contributed by atoms with Crippen molar-refractivity contribution in [1.82, 2.24) is 5.43 Å². The Morgan fingerprint density at radius 1 is 1.19 bits per heavy atom. The second kappa shape index (κ2) is 6.69. The Kier molecular flexibility index (Phi) is 4.68. The summed E-state index contributed by atoms with van der Waals surface area (Å²) in [6.45, 7) is 0. The lowest BCUT2D eigenvalue weighted by molar-refractivity contribution is 0.535. The minimum Gasteiger partial charge on any atom is -0.271 e. The van der Waals surface area contributed by atoms with Gasteiger partial charge in [-0.1, -0.05) is 24.6 Å². The molecule has 112 valence electrons. The van der Waals surface area contributed by atoms with Gasteiger partial charge in [0.05, 0.1) is 6.04 Å². The molecule has 2 aromatic rings. The third-order valence-electron chi connectivity index (χ3n) is 4.19. The summed E-state index contributed by atoms with van der Waals surface area (Å²) >= 11 is 1.84. The van der Waals surface area contributed by atoms with E-state index in [2.05, 4.69) is 11.5 Å². The Morgan fingerprint density at radius 2 is 2.00 bits per heavy atom. The van der Waals surface area contributed by atoms with Crippen molar-refractivity contribution in [3.63, 3.8) is 0 Å². The van der Waals surface area contributed by atoms with E-state index in [1.807, 2.05) is 23.5 Å². The number of hydrazine groups is 1. The average Bonchev–Trinajstić information content (AvgIpc) is 2.77. The molecule has 1 aliphatic rings. The molecule has 0 saturated heterocycles. The van der Waals surface area contributed by atoms with Crippen LogP contribution < -0.4 is 11.3 Å². The number of rotatable bonds is 4. The molecule has 1 unspecified atom stereocenters. The van der Waals surface area contributed by atoms with Gasteiger partial charge in [0.15, 0.2) is 0 Å². The summed E-state index contributed by atoms with van der Waals surface area (Å²) in [5, 5.41) is 0. The molecule has 0 aliphatic heterocycles. The number of fused-ring (bicyclic) bond motifs is 1. The third kappa shape index (κ3) is 3.34. The molecule has 3 rings (SSSR count). The molecular weight excluding hydrogens is 283 g/mol. The minimum atomic E-state index is -0.157. The summed E-state index contributed by atoms with van der Waals surface area (Å²) in [4.78, 5) is 2.73. The average molecular weight is 304 g/mol. The Bertz CT molecular complexity index is 585. The van der Waals surface area contributed by atoms with Gasteiger partial charge in [0.1, 0.15) is 5.82 Å². The number of nitrogens with two attached hydrogens (primary N) is 1. The van der Waals surface area contributed by atoms with E-state index in [9.17, 15) is 4.39 Å². The predicted octanol–water partition coefficient (Wildman–Crippen LogP) is 3.90. The van der Waals surface area contributed by atoms with Crippen molar-refractivity contribution in [2.45, 2.75) is 44.6 Å². The van der Waals surface area contributed by atoms with Gasteiger partial charge in [0.2, 0.25) is 0 Å². The van der Waals surface area contributed by atoms with Crippen LogP contribution in [0.3, 0.4) is 0 Å². The van der Waals surface area contributed by atoms with Gasteiger partial charge in [-0.05, 0) is 55.4 Å². The highest BCUT2D eigenvalue weighted by Gasteiger charge is 2.19. The first-order valence-electron chi connectivity index (χ1n) is 7.59. The van der Waals surface area contributed by atoms with Crippen molar-refractivity contribution in [2.24, 2.45) is 5.84 Å². The quantitative estimate of drug-likeness (QED) is 0.511. The number of benzene rings is 1.